The van der Waals surface area contributed by atoms with Gasteiger partial charge >= 0.3 is 11.6 Å². The van der Waals surface area contributed by atoms with Crippen molar-refractivity contribution in [3.8, 4) is 5.75 Å². The van der Waals surface area contributed by atoms with E-state index < -0.39 is 0 Å². The van der Waals surface area contributed by atoms with Gasteiger partial charge in [-0.25, -0.2) is 9.59 Å². The van der Waals surface area contributed by atoms with Crippen LogP contribution in [0.2, 0.25) is 0 Å². The molecular formula is C42H58O5. The predicted molar refractivity (Wildman–Crippen MR) is 188 cm³/mol. The number of hydrogen-bond donors (Lipinski definition) is 0. The van der Waals surface area contributed by atoms with Gasteiger partial charge in [-0.3, -0.25) is 0 Å². The molecule has 7 rings (SSSR count). The van der Waals surface area contributed by atoms with E-state index in [0.717, 1.165) is 97.0 Å². The minimum Gasteiger partial charge on any atom is -0.482 e. The van der Waals surface area contributed by atoms with E-state index in [1.165, 1.54) is 56.9 Å². The lowest BCUT2D eigenvalue weighted by Gasteiger charge is -2.58. The van der Waals surface area contributed by atoms with Gasteiger partial charge in [0.25, 0.3) is 0 Å². The molecule has 0 aliphatic heterocycles. The van der Waals surface area contributed by atoms with Crippen molar-refractivity contribution in [2.24, 2.45) is 46.3 Å². The van der Waals surface area contributed by atoms with Gasteiger partial charge in [0.05, 0.1) is 0 Å². The standard InChI is InChI=1S/C42H58O5/c1-26(2)9-8-10-27(3)35-17-18-36-34-15-13-28-23-30(19-21-41(28,4)37(34)20-22-42(35,36)5)46-39(43)25-45-29-14-16-32-31-11-6-7-12-33(31)40(44)47-38(32)24-29/h13-14,16,24,26-27,30,34-37H,6-12,15,17-23,25H2,1-5H3/t27-,30+,34+,35-,36-,37+,41+,42-/m1/s1. The SMILES string of the molecule is CC(C)CCC[C@@H](C)[C@H]1CC[C@@H]2[C@@H]3CC=C4C[C@@H](OC(=O)COc5ccc6c7c(c(=O)oc6c5)CCCC7)CC[C@]4(C)[C@H]3CC[C@@]21C. The van der Waals surface area contributed by atoms with Crippen LogP contribution in [0.5, 0.6) is 5.75 Å². The third-order valence-electron chi connectivity index (χ3n) is 14.1. The number of allylic oxidation sites excluding steroid dienone is 1. The van der Waals surface area contributed by atoms with Crippen LogP contribution >= 0.6 is 0 Å². The number of esters is 1. The second kappa shape index (κ2) is 13.0. The molecule has 2 aromatic rings. The fourth-order valence-corrected chi connectivity index (χ4v) is 11.6. The van der Waals surface area contributed by atoms with Crippen molar-refractivity contribution in [2.75, 3.05) is 6.61 Å². The normalized spacial score (nSPS) is 33.7. The second-order valence-electron chi connectivity index (χ2n) is 17.1. The zero-order valence-corrected chi connectivity index (χ0v) is 29.7. The van der Waals surface area contributed by atoms with Crippen LogP contribution < -0.4 is 10.4 Å². The van der Waals surface area contributed by atoms with Gasteiger partial charge in [-0.05, 0) is 135 Å². The first-order chi connectivity index (χ1) is 22.6. The summed E-state index contributed by atoms with van der Waals surface area (Å²) in [5.41, 5.74) is 4.49. The Balaban J connectivity index is 0.953. The number of fused-ring (bicyclic) bond motifs is 8. The number of aryl methyl sites for hydroxylation is 1. The molecule has 0 amide bonds. The summed E-state index contributed by atoms with van der Waals surface area (Å²) in [4.78, 5) is 25.5. The van der Waals surface area contributed by atoms with Crippen LogP contribution in [0.15, 0.2) is 39.1 Å². The summed E-state index contributed by atoms with van der Waals surface area (Å²) >= 11 is 0. The monoisotopic (exact) mass is 642 g/mol. The number of carbonyl (C=O) groups excluding carboxylic acids is 1. The molecule has 5 aliphatic rings. The van der Waals surface area contributed by atoms with E-state index in [4.69, 9.17) is 13.9 Å². The van der Waals surface area contributed by atoms with E-state index in [-0.39, 0.29) is 29.7 Å². The number of benzene rings is 1. The molecule has 0 saturated heterocycles. The minimum absolute atomic E-state index is 0.0838. The molecule has 5 heteroatoms. The zero-order valence-electron chi connectivity index (χ0n) is 29.7. The van der Waals surface area contributed by atoms with Gasteiger partial charge in [0, 0.05) is 23.4 Å². The summed E-state index contributed by atoms with van der Waals surface area (Å²) in [6, 6.07) is 5.57. The lowest BCUT2D eigenvalue weighted by molar-refractivity contribution is -0.153. The molecule has 3 saturated carbocycles. The van der Waals surface area contributed by atoms with Crippen molar-refractivity contribution < 1.29 is 18.7 Å². The molecule has 0 bridgehead atoms. The molecule has 1 aromatic heterocycles. The third kappa shape index (κ3) is 6.12. The average Bonchev–Trinajstić information content (AvgIpc) is 3.41. The summed E-state index contributed by atoms with van der Waals surface area (Å²) in [5, 5.41) is 0.976. The van der Waals surface area contributed by atoms with Gasteiger partial charge in [-0.15, -0.1) is 0 Å². The van der Waals surface area contributed by atoms with Crippen molar-refractivity contribution in [3.05, 3.63) is 51.4 Å². The molecular weight excluding hydrogens is 584 g/mol. The van der Waals surface area contributed by atoms with Crippen LogP contribution in [-0.4, -0.2) is 18.7 Å². The van der Waals surface area contributed by atoms with Crippen molar-refractivity contribution in [1.29, 1.82) is 0 Å². The van der Waals surface area contributed by atoms with Crippen molar-refractivity contribution in [1.82, 2.24) is 0 Å². The first kappa shape index (κ1) is 33.0. The lowest BCUT2D eigenvalue weighted by atomic mass is 9.47. The quantitative estimate of drug-likeness (QED) is 0.155. The second-order valence-corrected chi connectivity index (χ2v) is 17.1. The van der Waals surface area contributed by atoms with Gasteiger partial charge in [-0.2, -0.15) is 0 Å². The molecule has 256 valence electrons. The Labute approximate surface area is 282 Å². The van der Waals surface area contributed by atoms with E-state index in [0.29, 0.717) is 16.7 Å². The van der Waals surface area contributed by atoms with E-state index >= 15 is 0 Å². The Bertz CT molecular complexity index is 1570. The van der Waals surface area contributed by atoms with Crippen molar-refractivity contribution in [3.63, 3.8) is 0 Å². The zero-order chi connectivity index (χ0) is 32.9. The van der Waals surface area contributed by atoms with Crippen LogP contribution in [0.4, 0.5) is 0 Å². The fraction of sp³-hybridized carbons (Fsp3) is 0.714. The van der Waals surface area contributed by atoms with Gasteiger partial charge in [0.15, 0.2) is 6.61 Å². The first-order valence-electron chi connectivity index (χ1n) is 19.2. The first-order valence-corrected chi connectivity index (χ1v) is 19.2. The number of carbonyl (C=O) groups is 1. The molecule has 0 spiro atoms. The van der Waals surface area contributed by atoms with Crippen LogP contribution in [-0.2, 0) is 22.4 Å². The maximum absolute atomic E-state index is 13.0. The summed E-state index contributed by atoms with van der Waals surface area (Å²) in [5.74, 6) is 5.15. The van der Waals surface area contributed by atoms with Crippen LogP contribution in [0.3, 0.4) is 0 Å². The number of rotatable bonds is 9. The Morgan fingerprint density at radius 3 is 2.60 bits per heavy atom. The maximum atomic E-state index is 13.0. The third-order valence-corrected chi connectivity index (χ3v) is 14.1. The number of hydrogen-bond acceptors (Lipinski definition) is 5. The summed E-state index contributed by atoms with van der Waals surface area (Å²) in [6.07, 6.45) is 20.1. The van der Waals surface area contributed by atoms with E-state index in [1.54, 1.807) is 6.07 Å². The highest BCUT2D eigenvalue weighted by Gasteiger charge is 2.59. The summed E-state index contributed by atoms with van der Waals surface area (Å²) in [6.45, 7) is 12.3. The van der Waals surface area contributed by atoms with Gasteiger partial charge in [-0.1, -0.05) is 65.5 Å². The van der Waals surface area contributed by atoms with Crippen molar-refractivity contribution >= 4 is 16.9 Å². The van der Waals surface area contributed by atoms with Gasteiger partial charge < -0.3 is 13.9 Å². The fourth-order valence-electron chi connectivity index (χ4n) is 11.6. The largest absolute Gasteiger partial charge is 0.482 e. The Hall–Kier alpha value is -2.56. The Kier molecular flexibility index (Phi) is 9.15. The highest BCUT2D eigenvalue weighted by atomic mass is 16.6. The number of ether oxygens (including phenoxy) is 2. The average molecular weight is 643 g/mol. The molecule has 0 radical (unpaired) electrons. The molecule has 47 heavy (non-hydrogen) atoms. The lowest BCUT2D eigenvalue weighted by Crippen LogP contribution is -2.51. The highest BCUT2D eigenvalue weighted by Crippen LogP contribution is 2.67. The smallest absolute Gasteiger partial charge is 0.344 e. The molecule has 5 aliphatic carbocycles. The molecule has 1 aromatic carbocycles. The molecule has 5 nitrogen and oxygen atoms in total. The molecule has 8 atom stereocenters. The minimum atomic E-state index is -0.326. The van der Waals surface area contributed by atoms with Gasteiger partial charge in [0.1, 0.15) is 17.4 Å². The maximum Gasteiger partial charge on any atom is 0.344 e. The highest BCUT2D eigenvalue weighted by molar-refractivity contribution is 5.83. The summed E-state index contributed by atoms with van der Waals surface area (Å²) in [7, 11) is 0. The van der Waals surface area contributed by atoms with E-state index in [9.17, 15) is 9.59 Å². The molecule has 0 N–H and O–H groups in total. The van der Waals surface area contributed by atoms with E-state index in [2.05, 4.69) is 40.7 Å². The van der Waals surface area contributed by atoms with E-state index in [1.807, 2.05) is 12.1 Å². The van der Waals surface area contributed by atoms with Crippen LogP contribution in [0, 0.1) is 46.3 Å². The Morgan fingerprint density at radius 1 is 0.979 bits per heavy atom. The molecule has 3 fully saturated rings. The Morgan fingerprint density at radius 2 is 1.79 bits per heavy atom. The molecule has 0 unspecified atom stereocenters. The summed E-state index contributed by atoms with van der Waals surface area (Å²) < 4.78 is 17.5. The van der Waals surface area contributed by atoms with Gasteiger partial charge in [0.2, 0.25) is 0 Å². The predicted octanol–water partition coefficient (Wildman–Crippen LogP) is 10.0. The topological polar surface area (TPSA) is 65.7 Å². The van der Waals surface area contributed by atoms with Crippen LogP contribution in [0.25, 0.3) is 11.0 Å². The molecule has 1 heterocycles. The van der Waals surface area contributed by atoms with Crippen molar-refractivity contribution in [2.45, 2.75) is 137 Å². The van der Waals surface area contributed by atoms with Crippen LogP contribution in [0.1, 0.15) is 129 Å².